The van der Waals surface area contributed by atoms with Gasteiger partial charge in [-0.3, -0.25) is 0 Å². The fourth-order valence-corrected chi connectivity index (χ4v) is 0.641. The van der Waals surface area contributed by atoms with E-state index in [4.69, 9.17) is 5.53 Å². The Morgan fingerprint density at radius 1 is 1.90 bits per heavy atom. The second kappa shape index (κ2) is 2.89. The number of imidazole rings is 1. The second-order valence-electron chi connectivity index (χ2n) is 1.88. The number of aryl methyl sites for hydroxylation is 1. The van der Waals surface area contributed by atoms with Crippen LogP contribution in [-0.2, 0) is 13.6 Å². The molecular weight excluding hydrogens is 130 g/mol. The zero-order valence-corrected chi connectivity index (χ0v) is 5.60. The molecule has 0 fully saturated rings. The number of rotatable bonds is 2. The Labute approximate surface area is 57.9 Å². The Bertz CT molecular complexity index is 257. The molecule has 0 aromatic carbocycles. The number of azide groups is 1. The molecule has 0 atom stereocenters. The largest absolute Gasteiger partial charge is 0.338 e. The highest BCUT2D eigenvalue weighted by Crippen LogP contribution is 1.97. The fourth-order valence-electron chi connectivity index (χ4n) is 0.641. The summed E-state index contributed by atoms with van der Waals surface area (Å²) in [7, 11) is 1.86. The molecule has 5 nitrogen and oxygen atoms in total. The van der Waals surface area contributed by atoms with Gasteiger partial charge in [0.1, 0.15) is 0 Å². The lowest BCUT2D eigenvalue weighted by Gasteiger charge is -1.93. The van der Waals surface area contributed by atoms with E-state index in [9.17, 15) is 0 Å². The van der Waals surface area contributed by atoms with Gasteiger partial charge >= 0.3 is 0 Å². The average Bonchev–Trinajstić information content (AvgIpc) is 2.31. The topological polar surface area (TPSA) is 66.6 Å². The van der Waals surface area contributed by atoms with Gasteiger partial charge in [0.25, 0.3) is 0 Å². The van der Waals surface area contributed by atoms with Crippen molar-refractivity contribution in [2.75, 3.05) is 0 Å². The Morgan fingerprint density at radius 3 is 3.20 bits per heavy atom. The van der Waals surface area contributed by atoms with Gasteiger partial charge in [-0.15, -0.1) is 0 Å². The minimum absolute atomic E-state index is 0.368. The smallest absolute Gasteiger partial charge is 0.0945 e. The Kier molecular flexibility index (Phi) is 1.92. The molecule has 0 amide bonds. The van der Waals surface area contributed by atoms with Crippen LogP contribution >= 0.6 is 0 Å². The minimum atomic E-state index is 0.368. The molecule has 0 aliphatic heterocycles. The summed E-state index contributed by atoms with van der Waals surface area (Å²) in [6.45, 7) is 0.368. The molecular formula is C5H7N5. The van der Waals surface area contributed by atoms with Crippen LogP contribution in [0.3, 0.4) is 0 Å². The zero-order chi connectivity index (χ0) is 7.40. The van der Waals surface area contributed by atoms with Crippen molar-refractivity contribution in [3.05, 3.63) is 28.7 Å². The molecule has 0 saturated heterocycles. The number of hydrogen-bond donors (Lipinski definition) is 0. The predicted octanol–water partition coefficient (Wildman–Crippen LogP) is 1.23. The highest BCUT2D eigenvalue weighted by atomic mass is 15.1. The standard InChI is InChI=1S/C5H7N5/c1-10-4-7-2-5(10)3-8-9-6/h2,4H,3H2,1H3. The third-order valence-corrected chi connectivity index (χ3v) is 1.21. The van der Waals surface area contributed by atoms with Crippen molar-refractivity contribution in [1.82, 2.24) is 9.55 Å². The van der Waals surface area contributed by atoms with Gasteiger partial charge in [0.05, 0.1) is 12.9 Å². The average molecular weight is 137 g/mol. The van der Waals surface area contributed by atoms with E-state index in [1.54, 1.807) is 12.5 Å². The Morgan fingerprint density at radius 2 is 2.70 bits per heavy atom. The summed E-state index contributed by atoms with van der Waals surface area (Å²) in [5.74, 6) is 0. The molecule has 0 aliphatic rings. The van der Waals surface area contributed by atoms with Crippen molar-refractivity contribution >= 4 is 0 Å². The van der Waals surface area contributed by atoms with Gasteiger partial charge in [-0.05, 0) is 5.53 Å². The first-order valence-corrected chi connectivity index (χ1v) is 2.80. The van der Waals surface area contributed by atoms with E-state index < -0.39 is 0 Å². The van der Waals surface area contributed by atoms with E-state index in [0.717, 1.165) is 5.69 Å². The van der Waals surface area contributed by atoms with Crippen molar-refractivity contribution in [3.8, 4) is 0 Å². The SMILES string of the molecule is Cn1cncc1CN=[N+]=[N-]. The van der Waals surface area contributed by atoms with Crippen molar-refractivity contribution in [3.63, 3.8) is 0 Å². The summed E-state index contributed by atoms with van der Waals surface area (Å²) in [5, 5.41) is 3.39. The van der Waals surface area contributed by atoms with Gasteiger partial charge in [0, 0.05) is 23.9 Å². The monoisotopic (exact) mass is 137 g/mol. The summed E-state index contributed by atoms with van der Waals surface area (Å²) in [6, 6.07) is 0. The van der Waals surface area contributed by atoms with Crippen LogP contribution in [0.1, 0.15) is 5.69 Å². The Hall–Kier alpha value is -1.48. The third kappa shape index (κ3) is 1.27. The van der Waals surface area contributed by atoms with Crippen LogP contribution in [0.15, 0.2) is 17.6 Å². The minimum Gasteiger partial charge on any atom is -0.338 e. The lowest BCUT2D eigenvalue weighted by molar-refractivity contribution is 0.817. The molecule has 0 saturated carbocycles. The molecule has 10 heavy (non-hydrogen) atoms. The number of hydrogen-bond acceptors (Lipinski definition) is 2. The van der Waals surface area contributed by atoms with Crippen LogP contribution in [0, 0.1) is 0 Å². The summed E-state index contributed by atoms with van der Waals surface area (Å²) >= 11 is 0. The van der Waals surface area contributed by atoms with E-state index in [2.05, 4.69) is 15.0 Å². The van der Waals surface area contributed by atoms with Crippen LogP contribution < -0.4 is 0 Å². The maximum absolute atomic E-state index is 7.98. The molecule has 0 radical (unpaired) electrons. The first-order chi connectivity index (χ1) is 4.84. The highest BCUT2D eigenvalue weighted by Gasteiger charge is 1.93. The summed E-state index contributed by atoms with van der Waals surface area (Å²) in [5.41, 5.74) is 8.90. The van der Waals surface area contributed by atoms with E-state index in [1.807, 2.05) is 11.6 Å². The molecule has 0 bridgehead atoms. The molecule has 5 heteroatoms. The lowest BCUT2D eigenvalue weighted by atomic mass is 10.5. The molecule has 52 valence electrons. The van der Waals surface area contributed by atoms with Crippen LogP contribution in [0.4, 0.5) is 0 Å². The highest BCUT2D eigenvalue weighted by molar-refractivity contribution is 4.96. The van der Waals surface area contributed by atoms with Gasteiger partial charge in [0.15, 0.2) is 0 Å². The fraction of sp³-hybridized carbons (Fsp3) is 0.400. The maximum atomic E-state index is 7.98. The van der Waals surface area contributed by atoms with E-state index in [1.165, 1.54) is 0 Å². The normalized spacial score (nSPS) is 8.90. The van der Waals surface area contributed by atoms with Crippen LogP contribution in [-0.4, -0.2) is 9.55 Å². The van der Waals surface area contributed by atoms with E-state index >= 15 is 0 Å². The van der Waals surface area contributed by atoms with E-state index in [0.29, 0.717) is 6.54 Å². The summed E-state index contributed by atoms with van der Waals surface area (Å²) < 4.78 is 1.81. The summed E-state index contributed by atoms with van der Waals surface area (Å²) in [6.07, 6.45) is 3.34. The van der Waals surface area contributed by atoms with Crippen molar-refractivity contribution < 1.29 is 0 Å². The lowest BCUT2D eigenvalue weighted by Crippen LogP contribution is -1.91. The first kappa shape index (κ1) is 6.64. The van der Waals surface area contributed by atoms with Gasteiger partial charge in [0.2, 0.25) is 0 Å². The van der Waals surface area contributed by atoms with Crippen LogP contribution in [0.5, 0.6) is 0 Å². The molecule has 1 heterocycles. The van der Waals surface area contributed by atoms with Crippen LogP contribution in [0.25, 0.3) is 10.4 Å². The molecule has 0 unspecified atom stereocenters. The number of nitrogens with zero attached hydrogens (tertiary/aromatic N) is 5. The molecule has 1 aromatic rings. The van der Waals surface area contributed by atoms with Gasteiger partial charge < -0.3 is 4.57 Å². The molecule has 0 N–H and O–H groups in total. The predicted molar refractivity (Wildman–Crippen MR) is 36.1 cm³/mol. The van der Waals surface area contributed by atoms with Crippen molar-refractivity contribution in [2.45, 2.75) is 6.54 Å². The third-order valence-electron chi connectivity index (χ3n) is 1.21. The second-order valence-corrected chi connectivity index (χ2v) is 1.88. The van der Waals surface area contributed by atoms with Gasteiger partial charge in [-0.1, -0.05) is 5.11 Å². The molecule has 0 aliphatic carbocycles. The maximum Gasteiger partial charge on any atom is 0.0945 e. The van der Waals surface area contributed by atoms with Crippen molar-refractivity contribution in [2.24, 2.45) is 12.2 Å². The molecule has 0 spiro atoms. The van der Waals surface area contributed by atoms with Gasteiger partial charge in [-0.2, -0.15) is 0 Å². The van der Waals surface area contributed by atoms with Crippen LogP contribution in [0.2, 0.25) is 0 Å². The van der Waals surface area contributed by atoms with Gasteiger partial charge in [-0.25, -0.2) is 4.98 Å². The van der Waals surface area contributed by atoms with Crippen molar-refractivity contribution in [1.29, 1.82) is 0 Å². The molecule has 1 rings (SSSR count). The Balaban J connectivity index is 2.74. The first-order valence-electron chi connectivity index (χ1n) is 2.80. The van der Waals surface area contributed by atoms with E-state index in [-0.39, 0.29) is 0 Å². The number of aromatic nitrogens is 2. The summed E-state index contributed by atoms with van der Waals surface area (Å²) in [4.78, 5) is 6.49. The zero-order valence-electron chi connectivity index (χ0n) is 5.60. The quantitative estimate of drug-likeness (QED) is 0.343. The molecule has 1 aromatic heterocycles.